The molecule has 0 saturated heterocycles. The van der Waals surface area contributed by atoms with Crippen LogP contribution in [0.2, 0.25) is 0 Å². The molecule has 0 heterocycles. The highest BCUT2D eigenvalue weighted by molar-refractivity contribution is 7.98. The maximum Gasteiger partial charge on any atom is 0.224 e. The first-order valence-corrected chi connectivity index (χ1v) is 8.03. The third-order valence-electron chi connectivity index (χ3n) is 2.99. The number of benzene rings is 2. The molecule has 0 unspecified atom stereocenters. The molecule has 0 spiro atoms. The van der Waals surface area contributed by atoms with Crippen molar-refractivity contribution in [2.75, 3.05) is 12.3 Å². The van der Waals surface area contributed by atoms with Gasteiger partial charge in [0.2, 0.25) is 5.91 Å². The van der Waals surface area contributed by atoms with E-state index in [0.29, 0.717) is 24.3 Å². The average molecular weight is 303 g/mol. The molecular formula is C17H18FNOS. The Hall–Kier alpha value is -1.81. The molecule has 0 saturated carbocycles. The number of carbonyl (C=O) groups excluding carboxylic acids is 1. The number of amides is 1. The topological polar surface area (TPSA) is 29.1 Å². The molecule has 1 amide bonds. The van der Waals surface area contributed by atoms with E-state index in [1.54, 1.807) is 23.9 Å². The van der Waals surface area contributed by atoms with Gasteiger partial charge in [0.1, 0.15) is 5.82 Å². The standard InChI is InChI=1S/C17H18FNOS/c18-16-9-5-4-8-15(16)13-21-11-10-19-17(20)12-14-6-2-1-3-7-14/h1-9H,10-13H2,(H,19,20). The largest absolute Gasteiger partial charge is 0.355 e. The average Bonchev–Trinajstić information content (AvgIpc) is 2.50. The van der Waals surface area contributed by atoms with E-state index >= 15 is 0 Å². The second kappa shape index (κ2) is 8.47. The Morgan fingerprint density at radius 3 is 2.52 bits per heavy atom. The number of carbonyl (C=O) groups is 1. The van der Waals surface area contributed by atoms with E-state index in [1.807, 2.05) is 36.4 Å². The lowest BCUT2D eigenvalue weighted by Crippen LogP contribution is -2.27. The molecule has 4 heteroatoms. The van der Waals surface area contributed by atoms with Crippen molar-refractivity contribution in [2.24, 2.45) is 0 Å². The molecule has 110 valence electrons. The van der Waals surface area contributed by atoms with Gasteiger partial charge in [0.25, 0.3) is 0 Å². The Morgan fingerprint density at radius 2 is 1.76 bits per heavy atom. The van der Waals surface area contributed by atoms with E-state index < -0.39 is 0 Å². The summed E-state index contributed by atoms with van der Waals surface area (Å²) >= 11 is 1.61. The number of halogens is 1. The number of hydrogen-bond donors (Lipinski definition) is 1. The summed E-state index contributed by atoms with van der Waals surface area (Å²) in [5, 5.41) is 2.88. The highest BCUT2D eigenvalue weighted by Gasteiger charge is 2.03. The third-order valence-corrected chi connectivity index (χ3v) is 4.00. The smallest absolute Gasteiger partial charge is 0.224 e. The fourth-order valence-corrected chi connectivity index (χ4v) is 2.75. The molecule has 2 rings (SSSR count). The quantitative estimate of drug-likeness (QED) is 0.794. The highest BCUT2D eigenvalue weighted by Crippen LogP contribution is 2.14. The number of rotatable bonds is 7. The first kappa shape index (κ1) is 15.6. The maximum absolute atomic E-state index is 13.4. The number of hydrogen-bond acceptors (Lipinski definition) is 2. The zero-order valence-corrected chi connectivity index (χ0v) is 12.5. The molecule has 0 aliphatic heterocycles. The maximum atomic E-state index is 13.4. The zero-order chi connectivity index (χ0) is 14.9. The van der Waals surface area contributed by atoms with Crippen LogP contribution in [-0.2, 0) is 17.0 Å². The van der Waals surface area contributed by atoms with E-state index in [9.17, 15) is 9.18 Å². The number of nitrogens with one attached hydrogen (secondary N) is 1. The summed E-state index contributed by atoms with van der Waals surface area (Å²) < 4.78 is 13.4. The van der Waals surface area contributed by atoms with Gasteiger partial charge >= 0.3 is 0 Å². The fourth-order valence-electron chi connectivity index (χ4n) is 1.90. The predicted octanol–water partition coefficient (Wildman–Crippen LogP) is 3.42. The molecule has 0 aliphatic carbocycles. The molecule has 2 nitrogen and oxygen atoms in total. The van der Waals surface area contributed by atoms with Crippen LogP contribution in [0.25, 0.3) is 0 Å². The molecule has 0 atom stereocenters. The van der Waals surface area contributed by atoms with Crippen molar-refractivity contribution >= 4 is 17.7 Å². The van der Waals surface area contributed by atoms with E-state index in [0.717, 1.165) is 11.3 Å². The molecule has 21 heavy (non-hydrogen) atoms. The van der Waals surface area contributed by atoms with Crippen LogP contribution in [0, 0.1) is 5.82 Å². The normalized spacial score (nSPS) is 10.3. The van der Waals surface area contributed by atoms with Crippen molar-refractivity contribution in [3.63, 3.8) is 0 Å². The van der Waals surface area contributed by atoms with Crippen molar-refractivity contribution in [3.8, 4) is 0 Å². The Balaban J connectivity index is 1.62. The summed E-state index contributed by atoms with van der Waals surface area (Å²) in [6.07, 6.45) is 0.402. The van der Waals surface area contributed by atoms with Crippen molar-refractivity contribution in [1.82, 2.24) is 5.32 Å². The van der Waals surface area contributed by atoms with Gasteiger partial charge in [0, 0.05) is 18.1 Å². The van der Waals surface area contributed by atoms with E-state index in [1.165, 1.54) is 6.07 Å². The van der Waals surface area contributed by atoms with Crippen LogP contribution in [0.4, 0.5) is 4.39 Å². The summed E-state index contributed by atoms with van der Waals surface area (Å²) in [6.45, 7) is 0.602. The zero-order valence-electron chi connectivity index (χ0n) is 11.7. The molecule has 2 aromatic carbocycles. The van der Waals surface area contributed by atoms with Crippen LogP contribution >= 0.6 is 11.8 Å². The third kappa shape index (κ3) is 5.60. The summed E-state index contributed by atoms with van der Waals surface area (Å²) in [7, 11) is 0. The van der Waals surface area contributed by atoms with E-state index in [2.05, 4.69) is 5.32 Å². The van der Waals surface area contributed by atoms with Crippen LogP contribution < -0.4 is 5.32 Å². The van der Waals surface area contributed by atoms with Crippen LogP contribution in [0.3, 0.4) is 0 Å². The first-order valence-electron chi connectivity index (χ1n) is 6.87. The summed E-state index contributed by atoms with van der Waals surface area (Å²) in [5.41, 5.74) is 1.71. The minimum Gasteiger partial charge on any atom is -0.355 e. The van der Waals surface area contributed by atoms with Crippen LogP contribution in [0.5, 0.6) is 0 Å². The van der Waals surface area contributed by atoms with Gasteiger partial charge in [-0.3, -0.25) is 4.79 Å². The summed E-state index contributed by atoms with van der Waals surface area (Å²) in [6, 6.07) is 16.4. The second-order valence-corrected chi connectivity index (χ2v) is 5.76. The Kier molecular flexibility index (Phi) is 6.28. The molecule has 0 radical (unpaired) electrons. The van der Waals surface area contributed by atoms with Crippen LogP contribution in [0.1, 0.15) is 11.1 Å². The van der Waals surface area contributed by atoms with Crippen LogP contribution in [0.15, 0.2) is 54.6 Å². The van der Waals surface area contributed by atoms with E-state index in [-0.39, 0.29) is 11.7 Å². The molecule has 2 aromatic rings. The van der Waals surface area contributed by atoms with Gasteiger partial charge in [-0.2, -0.15) is 11.8 Å². The minimum absolute atomic E-state index is 0.0210. The lowest BCUT2D eigenvalue weighted by molar-refractivity contribution is -0.120. The monoisotopic (exact) mass is 303 g/mol. The summed E-state index contributed by atoms with van der Waals surface area (Å²) in [4.78, 5) is 11.7. The predicted molar refractivity (Wildman–Crippen MR) is 85.7 cm³/mol. The SMILES string of the molecule is O=C(Cc1ccccc1)NCCSCc1ccccc1F. The molecule has 0 fully saturated rings. The van der Waals surface area contributed by atoms with Gasteiger partial charge in [0.15, 0.2) is 0 Å². The summed E-state index contributed by atoms with van der Waals surface area (Å²) in [5.74, 6) is 1.25. The molecule has 0 bridgehead atoms. The van der Waals surface area contributed by atoms with Gasteiger partial charge in [-0.25, -0.2) is 4.39 Å². The van der Waals surface area contributed by atoms with Gasteiger partial charge in [-0.1, -0.05) is 48.5 Å². The van der Waals surface area contributed by atoms with E-state index in [4.69, 9.17) is 0 Å². The van der Waals surface area contributed by atoms with Crippen molar-refractivity contribution < 1.29 is 9.18 Å². The van der Waals surface area contributed by atoms with Crippen molar-refractivity contribution in [2.45, 2.75) is 12.2 Å². The fraction of sp³-hybridized carbons (Fsp3) is 0.235. The molecule has 0 aromatic heterocycles. The Bertz CT molecular complexity index is 574. The van der Waals surface area contributed by atoms with Crippen LogP contribution in [-0.4, -0.2) is 18.2 Å². The highest BCUT2D eigenvalue weighted by atomic mass is 32.2. The Labute approximate surface area is 128 Å². The van der Waals surface area contributed by atoms with Gasteiger partial charge in [0.05, 0.1) is 6.42 Å². The molecule has 1 N–H and O–H groups in total. The van der Waals surface area contributed by atoms with Gasteiger partial charge in [-0.05, 0) is 17.2 Å². The molecule has 0 aliphatic rings. The Morgan fingerprint density at radius 1 is 1.05 bits per heavy atom. The lowest BCUT2D eigenvalue weighted by atomic mass is 10.1. The first-order chi connectivity index (χ1) is 10.3. The van der Waals surface area contributed by atoms with Gasteiger partial charge < -0.3 is 5.32 Å². The van der Waals surface area contributed by atoms with Gasteiger partial charge in [-0.15, -0.1) is 0 Å². The van der Waals surface area contributed by atoms with Crippen molar-refractivity contribution in [1.29, 1.82) is 0 Å². The lowest BCUT2D eigenvalue weighted by Gasteiger charge is -2.06. The number of thioether (sulfide) groups is 1. The second-order valence-electron chi connectivity index (χ2n) is 4.66. The van der Waals surface area contributed by atoms with Crippen molar-refractivity contribution in [3.05, 3.63) is 71.5 Å². The molecular weight excluding hydrogens is 285 g/mol. The minimum atomic E-state index is -0.168.